The van der Waals surface area contributed by atoms with Crippen molar-refractivity contribution in [1.29, 1.82) is 5.26 Å². The van der Waals surface area contributed by atoms with Gasteiger partial charge in [0.15, 0.2) is 0 Å². The van der Waals surface area contributed by atoms with Crippen molar-refractivity contribution in [2.45, 2.75) is 0 Å². The highest BCUT2D eigenvalue weighted by Gasteiger charge is 2.10. The molecular weight excluding hydrogens is 232 g/mol. The van der Waals surface area contributed by atoms with Crippen molar-refractivity contribution in [1.82, 2.24) is 14.8 Å². The third kappa shape index (κ3) is 1.53. The number of benzene rings is 1. The number of nitriles is 1. The molecule has 7 heteroatoms. The second-order valence-corrected chi connectivity index (χ2v) is 3.38. The van der Waals surface area contributed by atoms with Crippen molar-refractivity contribution < 1.29 is 0 Å². The number of H-pyrrole nitrogens is 2. The Labute approximate surface area is 93.7 Å². The minimum Gasteiger partial charge on any atom is -0.247 e. The van der Waals surface area contributed by atoms with E-state index < -0.39 is 11.4 Å². The van der Waals surface area contributed by atoms with Crippen LogP contribution in [0.3, 0.4) is 0 Å². The Kier molecular flexibility index (Phi) is 2.38. The molecule has 0 radical (unpaired) electrons. The summed E-state index contributed by atoms with van der Waals surface area (Å²) in [6.45, 7) is 0. The lowest BCUT2D eigenvalue weighted by atomic mass is 10.2. The highest BCUT2D eigenvalue weighted by Crippen LogP contribution is 2.19. The van der Waals surface area contributed by atoms with E-state index >= 15 is 0 Å². The van der Waals surface area contributed by atoms with Crippen LogP contribution in [-0.4, -0.2) is 14.8 Å². The zero-order valence-corrected chi connectivity index (χ0v) is 8.58. The molecule has 1 heterocycles. The lowest BCUT2D eigenvalue weighted by Gasteiger charge is -2.01. The number of hydrogen-bond donors (Lipinski definition) is 2. The van der Waals surface area contributed by atoms with Gasteiger partial charge in [0.2, 0.25) is 0 Å². The Morgan fingerprint density at radius 1 is 1.25 bits per heavy atom. The van der Waals surface area contributed by atoms with Gasteiger partial charge < -0.3 is 0 Å². The quantitative estimate of drug-likeness (QED) is 0.749. The van der Waals surface area contributed by atoms with E-state index in [1.807, 2.05) is 6.07 Å². The predicted octanol–water partition coefficient (Wildman–Crippen LogP) is 0.379. The zero-order chi connectivity index (χ0) is 11.7. The highest BCUT2D eigenvalue weighted by atomic mass is 35.5. The fraction of sp³-hybridized carbons (Fsp3) is 0. The van der Waals surface area contributed by atoms with Crippen LogP contribution in [0.1, 0.15) is 5.56 Å². The number of nitrogens with one attached hydrogen (secondary N) is 2. The largest absolute Gasteiger partial charge is 0.349 e. The maximum atomic E-state index is 11.3. The van der Waals surface area contributed by atoms with Gasteiger partial charge >= 0.3 is 11.4 Å². The molecule has 0 saturated carbocycles. The Morgan fingerprint density at radius 2 is 1.88 bits per heavy atom. The molecule has 0 amide bonds. The summed E-state index contributed by atoms with van der Waals surface area (Å²) in [4.78, 5) is 22.6. The van der Waals surface area contributed by atoms with Crippen molar-refractivity contribution in [3.63, 3.8) is 0 Å². The fourth-order valence-electron chi connectivity index (χ4n) is 1.29. The van der Waals surface area contributed by atoms with Crippen LogP contribution >= 0.6 is 11.6 Å². The first-order valence-electron chi connectivity index (χ1n) is 4.23. The molecule has 0 aliphatic rings. The summed E-state index contributed by atoms with van der Waals surface area (Å²) < 4.78 is 0.851. The molecule has 6 nitrogen and oxygen atoms in total. The Balaban J connectivity index is 2.72. The zero-order valence-electron chi connectivity index (χ0n) is 7.82. The van der Waals surface area contributed by atoms with E-state index in [1.165, 1.54) is 18.2 Å². The third-order valence-corrected chi connectivity index (χ3v) is 2.30. The smallest absolute Gasteiger partial charge is 0.247 e. The van der Waals surface area contributed by atoms with Gasteiger partial charge in [0.25, 0.3) is 0 Å². The maximum Gasteiger partial charge on any atom is 0.349 e. The van der Waals surface area contributed by atoms with Crippen molar-refractivity contribution in [2.75, 3.05) is 0 Å². The summed E-state index contributed by atoms with van der Waals surface area (Å²) in [6.07, 6.45) is 0. The van der Waals surface area contributed by atoms with Crippen LogP contribution in [0.5, 0.6) is 0 Å². The van der Waals surface area contributed by atoms with E-state index in [2.05, 4.69) is 10.2 Å². The van der Waals surface area contributed by atoms with E-state index in [9.17, 15) is 9.59 Å². The highest BCUT2D eigenvalue weighted by molar-refractivity contribution is 6.32. The molecule has 2 aromatic rings. The summed E-state index contributed by atoms with van der Waals surface area (Å²) in [5.41, 5.74) is -0.643. The standard InChI is InChI=1S/C9H5ClN4O2/c10-6-3-5(4-11)1-2-7(6)14-8(15)12-13-9(14)16/h1-3H,(H,12,15)(H,13,16). The normalized spacial score (nSPS) is 10.0. The number of rotatable bonds is 1. The van der Waals surface area contributed by atoms with Gasteiger partial charge in [-0.1, -0.05) is 11.6 Å². The van der Waals surface area contributed by atoms with Crippen molar-refractivity contribution in [2.24, 2.45) is 0 Å². The lowest BCUT2D eigenvalue weighted by Crippen LogP contribution is -2.24. The summed E-state index contributed by atoms with van der Waals surface area (Å²) in [5, 5.41) is 13.1. The van der Waals surface area contributed by atoms with Gasteiger partial charge in [-0.3, -0.25) is 0 Å². The van der Waals surface area contributed by atoms with Crippen molar-refractivity contribution >= 4 is 11.6 Å². The second kappa shape index (κ2) is 3.72. The van der Waals surface area contributed by atoms with E-state index in [1.54, 1.807) is 0 Å². The van der Waals surface area contributed by atoms with E-state index in [0.29, 0.717) is 5.56 Å². The van der Waals surface area contributed by atoms with Gasteiger partial charge in [0.05, 0.1) is 22.3 Å². The first-order valence-corrected chi connectivity index (χ1v) is 4.61. The third-order valence-electron chi connectivity index (χ3n) is 2.00. The first-order chi connectivity index (χ1) is 7.63. The summed E-state index contributed by atoms with van der Waals surface area (Å²) >= 11 is 5.87. The SMILES string of the molecule is N#Cc1ccc(-n2c(=O)[nH][nH]c2=O)c(Cl)c1. The van der Waals surface area contributed by atoms with Crippen LogP contribution in [0, 0.1) is 11.3 Å². The molecule has 16 heavy (non-hydrogen) atoms. The van der Waals surface area contributed by atoms with Crippen LogP contribution in [0.25, 0.3) is 5.69 Å². The molecule has 0 bridgehead atoms. The average Bonchev–Trinajstić information content (AvgIpc) is 2.59. The van der Waals surface area contributed by atoms with Gasteiger partial charge in [0.1, 0.15) is 0 Å². The molecule has 0 unspecified atom stereocenters. The average molecular weight is 237 g/mol. The number of aromatic amines is 2. The number of halogens is 1. The minimum atomic E-state index is -0.614. The summed E-state index contributed by atoms with van der Waals surface area (Å²) in [6, 6.07) is 6.20. The monoisotopic (exact) mass is 236 g/mol. The first kappa shape index (κ1) is 10.3. The minimum absolute atomic E-state index is 0.159. The molecule has 0 spiro atoms. The van der Waals surface area contributed by atoms with E-state index in [4.69, 9.17) is 16.9 Å². The molecule has 0 saturated heterocycles. The van der Waals surface area contributed by atoms with Gasteiger partial charge in [-0.15, -0.1) is 0 Å². The maximum absolute atomic E-state index is 11.3. The topological polar surface area (TPSA) is 94.4 Å². The van der Waals surface area contributed by atoms with Crippen LogP contribution in [0.4, 0.5) is 0 Å². The molecule has 1 aromatic heterocycles. The fourth-order valence-corrected chi connectivity index (χ4v) is 1.55. The van der Waals surface area contributed by atoms with E-state index in [-0.39, 0.29) is 10.7 Å². The molecule has 2 N–H and O–H groups in total. The van der Waals surface area contributed by atoms with Gasteiger partial charge in [-0.2, -0.15) is 5.26 Å². The number of aromatic nitrogens is 3. The predicted molar refractivity (Wildman–Crippen MR) is 56.7 cm³/mol. The van der Waals surface area contributed by atoms with E-state index in [0.717, 1.165) is 4.57 Å². The van der Waals surface area contributed by atoms with Crippen molar-refractivity contribution in [3.8, 4) is 11.8 Å². The van der Waals surface area contributed by atoms with Crippen LogP contribution in [0.15, 0.2) is 27.8 Å². The molecule has 2 rings (SSSR count). The molecule has 0 atom stereocenters. The molecule has 0 aliphatic heterocycles. The summed E-state index contributed by atoms with van der Waals surface area (Å²) in [5.74, 6) is 0. The second-order valence-electron chi connectivity index (χ2n) is 2.97. The lowest BCUT2D eigenvalue weighted by molar-refractivity contribution is 0.952. The van der Waals surface area contributed by atoms with Gasteiger partial charge in [-0.05, 0) is 18.2 Å². The van der Waals surface area contributed by atoms with Crippen LogP contribution in [-0.2, 0) is 0 Å². The Bertz CT molecular complexity index is 661. The number of hydrogen-bond acceptors (Lipinski definition) is 3. The Morgan fingerprint density at radius 3 is 2.38 bits per heavy atom. The molecule has 80 valence electrons. The van der Waals surface area contributed by atoms with Crippen molar-refractivity contribution in [3.05, 3.63) is 49.8 Å². The molecule has 0 aliphatic carbocycles. The number of nitrogens with zero attached hydrogens (tertiary/aromatic N) is 2. The Hall–Kier alpha value is -2.26. The molecule has 0 fully saturated rings. The summed E-state index contributed by atoms with van der Waals surface area (Å²) in [7, 11) is 0. The molecular formula is C9H5ClN4O2. The van der Waals surface area contributed by atoms with Gasteiger partial charge in [-0.25, -0.2) is 24.4 Å². The van der Waals surface area contributed by atoms with Gasteiger partial charge in [0, 0.05) is 0 Å². The van der Waals surface area contributed by atoms with Crippen LogP contribution in [0.2, 0.25) is 5.02 Å². The van der Waals surface area contributed by atoms with Crippen LogP contribution < -0.4 is 11.4 Å². The molecule has 1 aromatic carbocycles.